The summed E-state index contributed by atoms with van der Waals surface area (Å²) in [5, 5.41) is 9.49. The minimum Gasteiger partial charge on any atom is -0.496 e. The molecule has 1 aromatic carbocycles. The summed E-state index contributed by atoms with van der Waals surface area (Å²) in [7, 11) is 1.67. The molecular weight excluding hydrogens is 222 g/mol. The standard InChI is InChI=1S/C16H21NO/c1-11-9-16(11,10-17)13-8-12(15(2,3)4)6-7-14(13)18-5/h6-8,11H,9H2,1-5H3. The number of nitriles is 1. The number of ether oxygens (including phenoxy) is 1. The number of methoxy groups -OCH3 is 1. The van der Waals surface area contributed by atoms with E-state index < -0.39 is 0 Å². The molecule has 2 atom stereocenters. The summed E-state index contributed by atoms with van der Waals surface area (Å²) in [5.74, 6) is 1.26. The van der Waals surface area contributed by atoms with Crippen molar-refractivity contribution in [3.8, 4) is 11.8 Å². The Morgan fingerprint density at radius 3 is 2.39 bits per heavy atom. The molecule has 0 radical (unpaired) electrons. The summed E-state index contributed by atoms with van der Waals surface area (Å²) in [4.78, 5) is 0. The highest BCUT2D eigenvalue weighted by atomic mass is 16.5. The Morgan fingerprint density at radius 1 is 1.39 bits per heavy atom. The fraction of sp³-hybridized carbons (Fsp3) is 0.562. The molecule has 1 saturated carbocycles. The number of hydrogen-bond acceptors (Lipinski definition) is 2. The van der Waals surface area contributed by atoms with Gasteiger partial charge in [0.05, 0.1) is 18.6 Å². The molecule has 18 heavy (non-hydrogen) atoms. The van der Waals surface area contributed by atoms with E-state index in [1.54, 1.807) is 7.11 Å². The molecule has 0 saturated heterocycles. The molecule has 0 heterocycles. The first kappa shape index (κ1) is 13.0. The van der Waals surface area contributed by atoms with Crippen LogP contribution in [-0.4, -0.2) is 7.11 Å². The van der Waals surface area contributed by atoms with Crippen LogP contribution in [0.1, 0.15) is 45.2 Å². The molecule has 1 aliphatic rings. The van der Waals surface area contributed by atoms with Crippen LogP contribution >= 0.6 is 0 Å². The van der Waals surface area contributed by atoms with Crippen molar-refractivity contribution in [2.45, 2.75) is 44.9 Å². The average Bonchev–Trinajstić information content (AvgIpc) is 2.99. The van der Waals surface area contributed by atoms with Gasteiger partial charge in [-0.1, -0.05) is 33.8 Å². The van der Waals surface area contributed by atoms with Crippen molar-refractivity contribution in [2.75, 3.05) is 7.11 Å². The summed E-state index contributed by atoms with van der Waals surface area (Å²) in [6, 6.07) is 8.75. The molecule has 0 amide bonds. The molecule has 2 unspecified atom stereocenters. The molecule has 0 aliphatic heterocycles. The van der Waals surface area contributed by atoms with Crippen molar-refractivity contribution >= 4 is 0 Å². The van der Waals surface area contributed by atoms with Crippen molar-refractivity contribution in [1.82, 2.24) is 0 Å². The second-order valence-electron chi connectivity index (χ2n) is 6.35. The predicted octanol–water partition coefficient (Wildman–Crippen LogP) is 3.79. The third kappa shape index (κ3) is 1.88. The molecular formula is C16H21NO. The van der Waals surface area contributed by atoms with Gasteiger partial charge in [0.1, 0.15) is 5.75 Å². The average molecular weight is 243 g/mol. The summed E-state index contributed by atoms with van der Waals surface area (Å²) < 4.78 is 5.44. The molecule has 1 aliphatic carbocycles. The van der Waals surface area contributed by atoms with Crippen LogP contribution in [0.3, 0.4) is 0 Å². The van der Waals surface area contributed by atoms with Crippen molar-refractivity contribution in [3.05, 3.63) is 29.3 Å². The van der Waals surface area contributed by atoms with Crippen molar-refractivity contribution in [3.63, 3.8) is 0 Å². The van der Waals surface area contributed by atoms with E-state index in [9.17, 15) is 5.26 Å². The normalized spacial score (nSPS) is 26.6. The first-order valence-corrected chi connectivity index (χ1v) is 6.45. The molecule has 0 spiro atoms. The van der Waals surface area contributed by atoms with Gasteiger partial charge in [-0.05, 0) is 35.4 Å². The SMILES string of the molecule is COc1ccc(C(C)(C)C)cc1C1(C#N)CC1C. The fourth-order valence-electron chi connectivity index (χ4n) is 2.54. The van der Waals surface area contributed by atoms with Gasteiger partial charge in [0, 0.05) is 5.56 Å². The maximum absolute atomic E-state index is 9.49. The lowest BCUT2D eigenvalue weighted by Gasteiger charge is -2.22. The summed E-state index contributed by atoms with van der Waals surface area (Å²) in [5.41, 5.74) is 2.09. The van der Waals surface area contributed by atoms with Crippen LogP contribution in [0.5, 0.6) is 5.75 Å². The topological polar surface area (TPSA) is 33.0 Å². The number of nitrogens with zero attached hydrogens (tertiary/aromatic N) is 1. The first-order chi connectivity index (χ1) is 8.35. The Balaban J connectivity index is 2.55. The molecule has 2 nitrogen and oxygen atoms in total. The van der Waals surface area contributed by atoms with Gasteiger partial charge in [-0.3, -0.25) is 0 Å². The summed E-state index contributed by atoms with van der Waals surface area (Å²) >= 11 is 0. The zero-order valence-electron chi connectivity index (χ0n) is 11.9. The van der Waals surface area contributed by atoms with E-state index in [4.69, 9.17) is 4.74 Å². The lowest BCUT2D eigenvalue weighted by Crippen LogP contribution is -2.15. The first-order valence-electron chi connectivity index (χ1n) is 6.45. The molecule has 2 rings (SSSR count). The minimum atomic E-state index is -0.327. The van der Waals surface area contributed by atoms with Crippen LogP contribution in [0, 0.1) is 17.2 Å². The van der Waals surface area contributed by atoms with E-state index in [0.717, 1.165) is 17.7 Å². The third-order valence-corrected chi connectivity index (χ3v) is 4.05. The second-order valence-corrected chi connectivity index (χ2v) is 6.35. The molecule has 0 aromatic heterocycles. The van der Waals surface area contributed by atoms with Crippen LogP contribution < -0.4 is 4.74 Å². The number of benzene rings is 1. The number of hydrogen-bond donors (Lipinski definition) is 0. The lowest BCUT2D eigenvalue weighted by molar-refractivity contribution is 0.405. The van der Waals surface area contributed by atoms with Gasteiger partial charge in [-0.25, -0.2) is 0 Å². The highest BCUT2D eigenvalue weighted by Crippen LogP contribution is 2.56. The molecule has 0 N–H and O–H groups in total. The van der Waals surface area contributed by atoms with Gasteiger partial charge in [-0.2, -0.15) is 5.26 Å². The maximum atomic E-state index is 9.49. The quantitative estimate of drug-likeness (QED) is 0.791. The van der Waals surface area contributed by atoms with E-state index in [0.29, 0.717) is 5.92 Å². The Morgan fingerprint density at radius 2 is 2.00 bits per heavy atom. The Labute approximate surface area is 110 Å². The van der Waals surface area contributed by atoms with Crippen LogP contribution in [0.25, 0.3) is 0 Å². The van der Waals surface area contributed by atoms with Crippen LogP contribution in [0.2, 0.25) is 0 Å². The summed E-state index contributed by atoms with van der Waals surface area (Å²) in [6.45, 7) is 8.70. The lowest BCUT2D eigenvalue weighted by atomic mass is 9.83. The van der Waals surface area contributed by atoms with Crippen LogP contribution in [0.4, 0.5) is 0 Å². The van der Waals surface area contributed by atoms with E-state index in [2.05, 4.69) is 45.9 Å². The summed E-state index contributed by atoms with van der Waals surface area (Å²) in [6.07, 6.45) is 0.938. The third-order valence-electron chi connectivity index (χ3n) is 4.05. The Kier molecular flexibility index (Phi) is 2.89. The van der Waals surface area contributed by atoms with Crippen molar-refractivity contribution in [1.29, 1.82) is 5.26 Å². The molecule has 2 heteroatoms. The molecule has 1 aromatic rings. The maximum Gasteiger partial charge on any atom is 0.123 e. The molecule has 0 bridgehead atoms. The van der Waals surface area contributed by atoms with E-state index in [-0.39, 0.29) is 10.8 Å². The van der Waals surface area contributed by atoms with Crippen molar-refractivity contribution in [2.24, 2.45) is 5.92 Å². The van der Waals surface area contributed by atoms with Crippen LogP contribution in [-0.2, 0) is 10.8 Å². The molecule has 96 valence electrons. The van der Waals surface area contributed by atoms with E-state index in [1.807, 2.05) is 6.07 Å². The van der Waals surface area contributed by atoms with Gasteiger partial charge in [0.2, 0.25) is 0 Å². The van der Waals surface area contributed by atoms with Crippen molar-refractivity contribution < 1.29 is 4.74 Å². The predicted molar refractivity (Wildman–Crippen MR) is 72.8 cm³/mol. The van der Waals surface area contributed by atoms with Crippen LogP contribution in [0.15, 0.2) is 18.2 Å². The molecule has 1 fully saturated rings. The van der Waals surface area contributed by atoms with E-state index in [1.165, 1.54) is 5.56 Å². The van der Waals surface area contributed by atoms with Gasteiger partial charge >= 0.3 is 0 Å². The fourth-order valence-corrected chi connectivity index (χ4v) is 2.54. The van der Waals surface area contributed by atoms with E-state index >= 15 is 0 Å². The monoisotopic (exact) mass is 243 g/mol. The van der Waals surface area contributed by atoms with Gasteiger partial charge in [-0.15, -0.1) is 0 Å². The highest BCUT2D eigenvalue weighted by molar-refractivity contribution is 5.52. The van der Waals surface area contributed by atoms with Gasteiger partial charge < -0.3 is 4.74 Å². The largest absolute Gasteiger partial charge is 0.496 e. The zero-order chi connectivity index (χ0) is 13.6. The highest BCUT2D eigenvalue weighted by Gasteiger charge is 2.54. The smallest absolute Gasteiger partial charge is 0.123 e. The Hall–Kier alpha value is -1.49. The number of rotatable bonds is 2. The zero-order valence-corrected chi connectivity index (χ0v) is 11.9. The Bertz CT molecular complexity index is 507. The minimum absolute atomic E-state index is 0.0931. The van der Waals surface area contributed by atoms with Gasteiger partial charge in [0.25, 0.3) is 0 Å². The second kappa shape index (κ2) is 4.02. The van der Waals surface area contributed by atoms with Gasteiger partial charge in [0.15, 0.2) is 0 Å².